The van der Waals surface area contributed by atoms with Crippen molar-refractivity contribution in [2.45, 2.75) is 6.42 Å². The van der Waals surface area contributed by atoms with Gasteiger partial charge in [0.1, 0.15) is 0 Å². The molecule has 1 N–H and O–H groups in total. The second-order valence-corrected chi connectivity index (χ2v) is 3.73. The number of rotatable bonds is 0. The Morgan fingerprint density at radius 1 is 1.38 bits per heavy atom. The van der Waals surface area contributed by atoms with Crippen LogP contribution in [0.4, 0.5) is 11.4 Å². The van der Waals surface area contributed by atoms with Crippen LogP contribution in [0.1, 0.15) is 6.42 Å². The van der Waals surface area contributed by atoms with Crippen LogP contribution in [0.25, 0.3) is 0 Å². The molecule has 13 heavy (non-hydrogen) atoms. The van der Waals surface area contributed by atoms with E-state index in [-0.39, 0.29) is 0 Å². The number of hydrogen-bond acceptors (Lipinski definition) is 2. The average molecular weight is 192 g/mol. The van der Waals surface area contributed by atoms with Crippen molar-refractivity contribution in [2.75, 3.05) is 23.8 Å². The smallest absolute Gasteiger partial charge is 0.0815 e. The van der Waals surface area contributed by atoms with Crippen molar-refractivity contribution in [1.82, 2.24) is 0 Å². The van der Waals surface area contributed by atoms with Crippen LogP contribution in [-0.2, 0) is 0 Å². The number of hydrogen-bond donors (Lipinski definition) is 1. The zero-order valence-electron chi connectivity index (χ0n) is 7.58. The van der Waals surface area contributed by atoms with E-state index in [1.807, 2.05) is 12.1 Å². The normalized spacial score (nSPS) is 16.1. The van der Waals surface area contributed by atoms with Gasteiger partial charge in [-0.3, -0.25) is 0 Å². The molecule has 0 radical (unpaired) electrons. The van der Waals surface area contributed by atoms with Crippen LogP contribution in [0, 0.1) is 0 Å². The van der Waals surface area contributed by atoms with Gasteiger partial charge in [-0.25, -0.2) is 0 Å². The second-order valence-electron chi connectivity index (χ2n) is 3.24. The van der Waals surface area contributed by atoms with Gasteiger partial charge in [-0.15, -0.1) is 0 Å². The van der Waals surface area contributed by atoms with Gasteiger partial charge in [0.2, 0.25) is 0 Å². The molecule has 0 aromatic heterocycles. The molecule has 0 saturated heterocycles. The van der Waals surface area contributed by atoms with E-state index >= 15 is 0 Å². The SMILES string of the molecule is CN1CCC(=S)Nc2ccccc21. The molecular weight excluding hydrogens is 180 g/mol. The number of nitrogens with one attached hydrogen (secondary N) is 1. The molecule has 3 heteroatoms. The van der Waals surface area contributed by atoms with Crippen molar-refractivity contribution in [3.8, 4) is 0 Å². The van der Waals surface area contributed by atoms with E-state index in [0.29, 0.717) is 0 Å². The Balaban J connectivity index is 2.43. The summed E-state index contributed by atoms with van der Waals surface area (Å²) >= 11 is 5.18. The van der Waals surface area contributed by atoms with Gasteiger partial charge in [0.15, 0.2) is 0 Å². The van der Waals surface area contributed by atoms with E-state index in [0.717, 1.165) is 23.6 Å². The van der Waals surface area contributed by atoms with Crippen molar-refractivity contribution in [1.29, 1.82) is 0 Å². The highest BCUT2D eigenvalue weighted by molar-refractivity contribution is 7.80. The van der Waals surface area contributed by atoms with E-state index in [9.17, 15) is 0 Å². The lowest BCUT2D eigenvalue weighted by Crippen LogP contribution is -2.18. The molecule has 1 aliphatic heterocycles. The van der Waals surface area contributed by atoms with E-state index in [2.05, 4.69) is 29.4 Å². The third kappa shape index (κ3) is 1.65. The van der Waals surface area contributed by atoms with Crippen LogP contribution in [0.15, 0.2) is 24.3 Å². The zero-order chi connectivity index (χ0) is 9.26. The Kier molecular flexibility index (Phi) is 2.19. The third-order valence-corrected chi connectivity index (χ3v) is 2.57. The second kappa shape index (κ2) is 3.34. The quantitative estimate of drug-likeness (QED) is 0.635. The molecule has 0 unspecified atom stereocenters. The van der Waals surface area contributed by atoms with Crippen LogP contribution < -0.4 is 10.2 Å². The minimum atomic E-state index is 0.928. The maximum absolute atomic E-state index is 5.18. The van der Waals surface area contributed by atoms with Crippen molar-refractivity contribution in [3.63, 3.8) is 0 Å². The Hall–Kier alpha value is -1.09. The Labute approximate surface area is 83.6 Å². The molecule has 1 heterocycles. The maximum atomic E-state index is 5.18. The summed E-state index contributed by atoms with van der Waals surface area (Å²) in [5, 5.41) is 3.24. The fraction of sp³-hybridized carbons (Fsp3) is 0.300. The fourth-order valence-electron chi connectivity index (χ4n) is 1.51. The molecule has 68 valence electrons. The molecule has 0 aliphatic carbocycles. The summed E-state index contributed by atoms with van der Waals surface area (Å²) < 4.78 is 0. The number of thiocarbonyl (C=S) groups is 1. The first-order chi connectivity index (χ1) is 6.27. The Bertz CT molecular complexity index is 335. The van der Waals surface area contributed by atoms with Crippen molar-refractivity contribution in [2.24, 2.45) is 0 Å². The molecule has 0 saturated carbocycles. The predicted molar refractivity (Wildman–Crippen MR) is 60.5 cm³/mol. The summed E-state index contributed by atoms with van der Waals surface area (Å²) in [6, 6.07) is 8.23. The highest BCUT2D eigenvalue weighted by Crippen LogP contribution is 2.26. The molecule has 2 nitrogen and oxygen atoms in total. The van der Waals surface area contributed by atoms with Crippen LogP contribution in [0.5, 0.6) is 0 Å². The van der Waals surface area contributed by atoms with Gasteiger partial charge in [0.25, 0.3) is 0 Å². The lowest BCUT2D eigenvalue weighted by atomic mass is 10.2. The van der Waals surface area contributed by atoms with E-state index in [4.69, 9.17) is 12.2 Å². The summed E-state index contributed by atoms with van der Waals surface area (Å²) in [5.41, 5.74) is 2.34. The van der Waals surface area contributed by atoms with E-state index < -0.39 is 0 Å². The minimum Gasteiger partial charge on any atom is -0.372 e. The van der Waals surface area contributed by atoms with Crippen LogP contribution in [0.3, 0.4) is 0 Å². The first-order valence-corrected chi connectivity index (χ1v) is 4.78. The Morgan fingerprint density at radius 3 is 3.00 bits per heavy atom. The summed E-state index contributed by atoms with van der Waals surface area (Å²) in [5.74, 6) is 0. The zero-order valence-corrected chi connectivity index (χ0v) is 8.40. The maximum Gasteiger partial charge on any atom is 0.0815 e. The van der Waals surface area contributed by atoms with Gasteiger partial charge in [-0.1, -0.05) is 24.4 Å². The number of fused-ring (bicyclic) bond motifs is 1. The van der Waals surface area contributed by atoms with Gasteiger partial charge >= 0.3 is 0 Å². The lowest BCUT2D eigenvalue weighted by Gasteiger charge is -2.17. The average Bonchev–Trinajstić information content (AvgIpc) is 2.27. The van der Waals surface area contributed by atoms with Gasteiger partial charge in [-0.05, 0) is 12.1 Å². The van der Waals surface area contributed by atoms with Gasteiger partial charge < -0.3 is 10.2 Å². The van der Waals surface area contributed by atoms with E-state index in [1.54, 1.807) is 0 Å². The van der Waals surface area contributed by atoms with Crippen LogP contribution in [-0.4, -0.2) is 18.6 Å². The topological polar surface area (TPSA) is 15.3 Å². The first-order valence-electron chi connectivity index (χ1n) is 4.37. The number of anilines is 2. The van der Waals surface area contributed by atoms with Crippen molar-refractivity contribution >= 4 is 28.6 Å². The first kappa shape index (κ1) is 8.51. The molecule has 0 bridgehead atoms. The fourth-order valence-corrected chi connectivity index (χ4v) is 1.72. The lowest BCUT2D eigenvalue weighted by molar-refractivity contribution is 0.935. The standard InChI is InChI=1S/C10H12N2S/c1-12-7-6-10(13)11-8-4-2-3-5-9(8)12/h2-5H,6-7H2,1H3,(H,11,13). The third-order valence-electron chi connectivity index (χ3n) is 2.26. The minimum absolute atomic E-state index is 0.928. The van der Waals surface area contributed by atoms with Crippen LogP contribution >= 0.6 is 12.2 Å². The van der Waals surface area contributed by atoms with E-state index in [1.165, 1.54) is 5.69 Å². The molecule has 1 aromatic carbocycles. The predicted octanol–water partition coefficient (Wildman–Crippen LogP) is 2.27. The summed E-state index contributed by atoms with van der Waals surface area (Å²) in [6.07, 6.45) is 0.931. The Morgan fingerprint density at radius 2 is 2.15 bits per heavy atom. The van der Waals surface area contributed by atoms with Crippen LogP contribution in [0.2, 0.25) is 0 Å². The molecule has 1 aromatic rings. The molecule has 0 amide bonds. The van der Waals surface area contributed by atoms with Gasteiger partial charge in [0.05, 0.1) is 16.4 Å². The number of nitrogens with zero attached hydrogens (tertiary/aromatic N) is 1. The molecule has 2 rings (SSSR count). The number of benzene rings is 1. The summed E-state index contributed by atoms with van der Waals surface area (Å²) in [6.45, 7) is 0.989. The number of para-hydroxylation sites is 2. The van der Waals surface area contributed by atoms with Crippen molar-refractivity contribution < 1.29 is 0 Å². The monoisotopic (exact) mass is 192 g/mol. The molecule has 0 fully saturated rings. The molecule has 1 aliphatic rings. The van der Waals surface area contributed by atoms with Gasteiger partial charge in [0, 0.05) is 20.0 Å². The van der Waals surface area contributed by atoms with Crippen molar-refractivity contribution in [3.05, 3.63) is 24.3 Å². The highest BCUT2D eigenvalue weighted by Gasteiger charge is 2.12. The largest absolute Gasteiger partial charge is 0.372 e. The van der Waals surface area contributed by atoms with Gasteiger partial charge in [-0.2, -0.15) is 0 Å². The summed E-state index contributed by atoms with van der Waals surface area (Å²) in [4.78, 5) is 3.15. The molecule has 0 atom stereocenters. The highest BCUT2D eigenvalue weighted by atomic mass is 32.1. The summed E-state index contributed by atoms with van der Waals surface area (Å²) in [7, 11) is 2.09. The molecule has 0 spiro atoms. The molecular formula is C10H12N2S.